The molecule has 7 nitrogen and oxygen atoms in total. The maximum atomic E-state index is 13.0. The largest absolute Gasteiger partial charge is 0.433 e. The van der Waals surface area contributed by atoms with Crippen LogP contribution in [0.2, 0.25) is 0 Å². The maximum absolute atomic E-state index is 13.0. The molecule has 0 saturated carbocycles. The highest BCUT2D eigenvalue weighted by Gasteiger charge is 2.41. The number of hydrogen-bond donors (Lipinski definition) is 3. The van der Waals surface area contributed by atoms with E-state index in [-0.39, 0.29) is 17.0 Å². The molecule has 5 N–H and O–H groups in total. The van der Waals surface area contributed by atoms with Gasteiger partial charge in [0.15, 0.2) is 0 Å². The lowest BCUT2D eigenvalue weighted by atomic mass is 9.76. The van der Waals surface area contributed by atoms with Crippen molar-refractivity contribution in [2.24, 2.45) is 16.9 Å². The molecule has 0 aliphatic carbocycles. The van der Waals surface area contributed by atoms with Crippen LogP contribution < -0.4 is 16.8 Å². The first-order valence-electron chi connectivity index (χ1n) is 11.6. The highest BCUT2D eigenvalue weighted by Crippen LogP contribution is 2.41. The molecule has 0 spiro atoms. The van der Waals surface area contributed by atoms with E-state index in [1.54, 1.807) is 18.2 Å². The fourth-order valence-electron chi connectivity index (χ4n) is 4.76. The molecule has 2 aromatic rings. The summed E-state index contributed by atoms with van der Waals surface area (Å²) in [5.74, 6) is -0.683. The molecule has 0 bridgehead atoms. The molecule has 192 valence electrons. The van der Waals surface area contributed by atoms with Gasteiger partial charge in [-0.05, 0) is 54.7 Å². The number of allylic oxidation sites excluding steroid dienone is 2. The zero-order chi connectivity index (χ0) is 26.3. The number of nitrogens with one attached hydrogen (secondary N) is 1. The second-order valence-electron chi connectivity index (χ2n) is 9.87. The van der Waals surface area contributed by atoms with Crippen LogP contribution in [0.5, 0.6) is 0 Å². The lowest BCUT2D eigenvalue weighted by molar-refractivity contribution is -0.141. The standard InChI is InChI=1S/C26H30F3N5O2/c1-15-4-5-17(33-24(35)16-6-7-32-22(10-16)26(27,28)29)11-18(15)19(30)12-21-20(31)13-25(2,3)23-14-36-9-8-34(21)23/h4-7,10-12,23H,8-9,13-14,30-31H2,1-3H3,(H,33,35)/b19-12-. The molecule has 1 aromatic carbocycles. The Labute approximate surface area is 208 Å². The molecule has 2 aliphatic rings. The van der Waals surface area contributed by atoms with Crippen molar-refractivity contribution in [1.29, 1.82) is 0 Å². The molecule has 0 radical (unpaired) electrons. The molecule has 36 heavy (non-hydrogen) atoms. The van der Waals surface area contributed by atoms with Gasteiger partial charge >= 0.3 is 6.18 Å². The number of anilines is 1. The van der Waals surface area contributed by atoms with Crippen molar-refractivity contribution in [3.63, 3.8) is 0 Å². The molecular formula is C26H30F3N5O2. The van der Waals surface area contributed by atoms with Crippen LogP contribution in [0.1, 0.15) is 47.4 Å². The Bertz CT molecular complexity index is 1240. The minimum absolute atomic E-state index is 0.0460. The Balaban J connectivity index is 1.61. The molecular weight excluding hydrogens is 471 g/mol. The highest BCUT2D eigenvalue weighted by atomic mass is 19.4. The summed E-state index contributed by atoms with van der Waals surface area (Å²) in [4.78, 5) is 18.2. The number of rotatable bonds is 4. The van der Waals surface area contributed by atoms with Gasteiger partial charge in [0.05, 0.1) is 25.0 Å². The van der Waals surface area contributed by atoms with Crippen LogP contribution in [-0.4, -0.2) is 41.6 Å². The summed E-state index contributed by atoms with van der Waals surface area (Å²) < 4.78 is 44.6. The Morgan fingerprint density at radius 1 is 1.28 bits per heavy atom. The van der Waals surface area contributed by atoms with Crippen LogP contribution in [0.3, 0.4) is 0 Å². The van der Waals surface area contributed by atoms with Gasteiger partial charge in [-0.15, -0.1) is 0 Å². The zero-order valence-electron chi connectivity index (χ0n) is 20.4. The van der Waals surface area contributed by atoms with Crippen LogP contribution >= 0.6 is 0 Å². The van der Waals surface area contributed by atoms with E-state index in [1.165, 1.54) is 6.07 Å². The van der Waals surface area contributed by atoms with Gasteiger partial charge in [-0.1, -0.05) is 19.9 Å². The van der Waals surface area contributed by atoms with Crippen molar-refractivity contribution in [1.82, 2.24) is 9.88 Å². The second kappa shape index (κ2) is 9.50. The number of pyridine rings is 1. The molecule has 3 heterocycles. The van der Waals surface area contributed by atoms with E-state index in [0.717, 1.165) is 29.2 Å². The predicted octanol–water partition coefficient (Wildman–Crippen LogP) is 4.26. The minimum Gasteiger partial charge on any atom is -0.400 e. The third-order valence-electron chi connectivity index (χ3n) is 6.73. The number of hydrogen-bond acceptors (Lipinski definition) is 6. The summed E-state index contributed by atoms with van der Waals surface area (Å²) >= 11 is 0. The highest BCUT2D eigenvalue weighted by molar-refractivity contribution is 6.04. The minimum atomic E-state index is -4.64. The number of benzene rings is 1. The topological polar surface area (TPSA) is 106 Å². The Morgan fingerprint density at radius 2 is 2.03 bits per heavy atom. The molecule has 10 heteroatoms. The summed E-state index contributed by atoms with van der Waals surface area (Å²) in [5, 5.41) is 2.65. The summed E-state index contributed by atoms with van der Waals surface area (Å²) in [7, 11) is 0. The molecule has 1 fully saturated rings. The zero-order valence-corrected chi connectivity index (χ0v) is 20.4. The Morgan fingerprint density at radius 3 is 2.75 bits per heavy atom. The summed E-state index contributed by atoms with van der Waals surface area (Å²) in [5.41, 5.74) is 15.7. The Kier molecular flexibility index (Phi) is 6.74. The maximum Gasteiger partial charge on any atom is 0.433 e. The van der Waals surface area contributed by atoms with Crippen molar-refractivity contribution in [2.45, 2.75) is 39.4 Å². The van der Waals surface area contributed by atoms with E-state index in [4.69, 9.17) is 16.2 Å². The molecule has 1 atom stereocenters. The lowest BCUT2D eigenvalue weighted by Gasteiger charge is -2.50. The average molecular weight is 502 g/mol. The van der Waals surface area contributed by atoms with Crippen molar-refractivity contribution < 1.29 is 22.7 Å². The van der Waals surface area contributed by atoms with Gasteiger partial charge in [-0.25, -0.2) is 0 Å². The van der Waals surface area contributed by atoms with Crippen LogP contribution in [0, 0.1) is 12.3 Å². The number of fused-ring (bicyclic) bond motifs is 1. The molecule has 1 saturated heterocycles. The number of ether oxygens (including phenoxy) is 1. The third kappa shape index (κ3) is 5.18. The van der Waals surface area contributed by atoms with E-state index < -0.39 is 17.8 Å². The summed E-state index contributed by atoms with van der Waals surface area (Å²) in [6.07, 6.45) is -1.12. The van der Waals surface area contributed by atoms with Crippen molar-refractivity contribution in [3.05, 3.63) is 76.4 Å². The number of aryl methyl sites for hydroxylation is 1. The van der Waals surface area contributed by atoms with Crippen LogP contribution in [0.4, 0.5) is 18.9 Å². The number of carbonyl (C=O) groups is 1. The van der Waals surface area contributed by atoms with Gasteiger partial charge < -0.3 is 26.4 Å². The molecule has 1 amide bonds. The van der Waals surface area contributed by atoms with Crippen molar-refractivity contribution >= 4 is 17.3 Å². The first kappa shape index (κ1) is 25.6. The smallest absolute Gasteiger partial charge is 0.400 e. The van der Waals surface area contributed by atoms with E-state index in [1.807, 2.05) is 13.0 Å². The summed E-state index contributed by atoms with van der Waals surface area (Å²) in [6.45, 7) is 8.15. The average Bonchev–Trinajstić information content (AvgIpc) is 2.82. The lowest BCUT2D eigenvalue weighted by Crippen LogP contribution is -2.55. The van der Waals surface area contributed by atoms with Gasteiger partial charge in [-0.3, -0.25) is 9.78 Å². The Hall–Kier alpha value is -3.53. The van der Waals surface area contributed by atoms with Gasteiger partial charge in [0, 0.05) is 40.9 Å². The van der Waals surface area contributed by atoms with Gasteiger partial charge in [-0.2, -0.15) is 13.2 Å². The third-order valence-corrected chi connectivity index (χ3v) is 6.73. The normalized spacial score (nSPS) is 20.2. The van der Waals surface area contributed by atoms with Crippen LogP contribution in [-0.2, 0) is 10.9 Å². The number of nitrogens with zero attached hydrogens (tertiary/aromatic N) is 2. The van der Waals surface area contributed by atoms with Gasteiger partial charge in [0.25, 0.3) is 5.91 Å². The quantitative estimate of drug-likeness (QED) is 0.578. The fraction of sp³-hybridized carbons (Fsp3) is 0.385. The molecule has 4 rings (SSSR count). The number of alkyl halides is 3. The number of aromatic nitrogens is 1. The van der Waals surface area contributed by atoms with Crippen molar-refractivity contribution in [2.75, 3.05) is 25.1 Å². The summed E-state index contributed by atoms with van der Waals surface area (Å²) in [6, 6.07) is 7.28. The number of morpholine rings is 1. The second-order valence-corrected chi connectivity index (χ2v) is 9.87. The number of halogens is 3. The van der Waals surface area contributed by atoms with E-state index in [2.05, 4.69) is 29.0 Å². The monoisotopic (exact) mass is 501 g/mol. The number of carbonyl (C=O) groups excluding carboxylic acids is 1. The predicted molar refractivity (Wildman–Crippen MR) is 131 cm³/mol. The SMILES string of the molecule is Cc1ccc(NC(=O)c2ccnc(C(F)(F)F)c2)cc1/C(N)=C/C1=C(N)CC(C)(C)C2COCCN12. The number of nitrogens with two attached hydrogens (primary N) is 2. The van der Waals surface area contributed by atoms with E-state index >= 15 is 0 Å². The molecule has 1 unspecified atom stereocenters. The first-order chi connectivity index (χ1) is 16.9. The first-order valence-corrected chi connectivity index (χ1v) is 11.6. The van der Waals surface area contributed by atoms with Crippen molar-refractivity contribution in [3.8, 4) is 0 Å². The van der Waals surface area contributed by atoms with E-state index in [0.29, 0.717) is 43.1 Å². The van der Waals surface area contributed by atoms with Gasteiger partial charge in [0.1, 0.15) is 5.69 Å². The molecule has 1 aromatic heterocycles. The van der Waals surface area contributed by atoms with Crippen LogP contribution in [0.15, 0.2) is 54.0 Å². The number of amides is 1. The fourth-order valence-corrected chi connectivity index (χ4v) is 4.76. The van der Waals surface area contributed by atoms with E-state index in [9.17, 15) is 18.0 Å². The molecule has 2 aliphatic heterocycles. The van der Waals surface area contributed by atoms with Crippen LogP contribution in [0.25, 0.3) is 5.70 Å². The van der Waals surface area contributed by atoms with Gasteiger partial charge in [0.2, 0.25) is 0 Å².